The van der Waals surface area contributed by atoms with Crippen LogP contribution in [0.15, 0.2) is 30.6 Å². The molecule has 0 saturated heterocycles. The number of thiophene rings is 1. The quantitative estimate of drug-likeness (QED) is 0.617. The van der Waals surface area contributed by atoms with Crippen molar-refractivity contribution in [1.29, 1.82) is 0 Å². The first-order valence-electron chi connectivity index (χ1n) is 9.16. The molecule has 1 atom stereocenters. The fraction of sp³-hybridized carbons (Fsp3) is 0.381. The maximum absolute atomic E-state index is 12.5. The molecule has 0 N–H and O–H groups in total. The van der Waals surface area contributed by atoms with Crippen LogP contribution < -0.4 is 4.74 Å². The van der Waals surface area contributed by atoms with Gasteiger partial charge in [-0.25, -0.2) is 9.97 Å². The maximum atomic E-state index is 12.5. The van der Waals surface area contributed by atoms with E-state index in [0.29, 0.717) is 17.4 Å². The Morgan fingerprint density at radius 1 is 1.27 bits per heavy atom. The van der Waals surface area contributed by atoms with E-state index in [1.807, 2.05) is 24.3 Å². The predicted octanol–water partition coefficient (Wildman–Crippen LogP) is 4.64. The van der Waals surface area contributed by atoms with E-state index >= 15 is 0 Å². The number of ether oxygens (including phenoxy) is 1. The summed E-state index contributed by atoms with van der Waals surface area (Å²) in [7, 11) is 0. The Hall–Kier alpha value is -2.27. The van der Waals surface area contributed by atoms with Crippen molar-refractivity contribution in [2.45, 2.75) is 39.5 Å². The topological polar surface area (TPSA) is 52.1 Å². The van der Waals surface area contributed by atoms with Crippen molar-refractivity contribution in [2.24, 2.45) is 5.92 Å². The van der Waals surface area contributed by atoms with E-state index in [0.717, 1.165) is 29.5 Å². The van der Waals surface area contributed by atoms with E-state index in [-0.39, 0.29) is 12.4 Å². The second kappa shape index (κ2) is 7.16. The number of nitrogens with zero attached hydrogens (tertiary/aromatic N) is 2. The fourth-order valence-corrected chi connectivity index (χ4v) is 4.84. The Morgan fingerprint density at radius 2 is 2.08 bits per heavy atom. The molecule has 0 saturated carbocycles. The van der Waals surface area contributed by atoms with Gasteiger partial charge in [-0.05, 0) is 42.7 Å². The first-order chi connectivity index (χ1) is 12.7. The van der Waals surface area contributed by atoms with Crippen LogP contribution in [0.4, 0.5) is 0 Å². The molecular weight excluding hydrogens is 344 g/mol. The fourth-order valence-electron chi connectivity index (χ4n) is 3.50. The van der Waals surface area contributed by atoms with Gasteiger partial charge in [-0.2, -0.15) is 0 Å². The molecule has 5 heteroatoms. The first-order valence-corrected chi connectivity index (χ1v) is 9.97. The van der Waals surface area contributed by atoms with Crippen LogP contribution in [0.2, 0.25) is 0 Å². The van der Waals surface area contributed by atoms with Crippen LogP contribution in [0.3, 0.4) is 0 Å². The molecular formula is C21H22N2O2S. The molecule has 0 bridgehead atoms. The van der Waals surface area contributed by atoms with E-state index < -0.39 is 0 Å². The molecule has 1 aliphatic carbocycles. The first kappa shape index (κ1) is 17.2. The number of rotatable bonds is 5. The summed E-state index contributed by atoms with van der Waals surface area (Å²) in [5.41, 5.74) is 3.21. The number of ketones is 1. The number of carbonyl (C=O) groups is 1. The van der Waals surface area contributed by atoms with E-state index in [2.05, 4.69) is 23.8 Å². The number of hydrogen-bond acceptors (Lipinski definition) is 5. The summed E-state index contributed by atoms with van der Waals surface area (Å²) in [4.78, 5) is 23.6. The minimum Gasteiger partial charge on any atom is -0.469 e. The second-order valence-corrected chi connectivity index (χ2v) is 8.06. The van der Waals surface area contributed by atoms with E-state index in [4.69, 9.17) is 4.74 Å². The lowest BCUT2D eigenvalue weighted by Gasteiger charge is -2.18. The van der Waals surface area contributed by atoms with Crippen LogP contribution in [0, 0.1) is 5.92 Å². The largest absolute Gasteiger partial charge is 0.469 e. The van der Waals surface area contributed by atoms with Crippen LogP contribution >= 0.6 is 11.3 Å². The highest BCUT2D eigenvalue weighted by Crippen LogP contribution is 2.40. The zero-order valence-electron chi connectivity index (χ0n) is 15.1. The monoisotopic (exact) mass is 366 g/mol. The molecule has 0 spiro atoms. The third kappa shape index (κ3) is 3.23. The molecule has 3 aromatic rings. The summed E-state index contributed by atoms with van der Waals surface area (Å²) < 4.78 is 5.85. The van der Waals surface area contributed by atoms with Crippen LogP contribution in [-0.2, 0) is 19.3 Å². The number of carbonyl (C=O) groups excluding carboxylic acids is 1. The Morgan fingerprint density at radius 3 is 2.85 bits per heavy atom. The highest BCUT2D eigenvalue weighted by Gasteiger charge is 2.24. The smallest absolute Gasteiger partial charge is 0.226 e. The molecule has 4 rings (SSSR count). The number of Topliss-reactive ketones (excluding diaryl/α,β-unsaturated/α-hetero) is 1. The predicted molar refractivity (Wildman–Crippen MR) is 104 cm³/mol. The lowest BCUT2D eigenvalue weighted by molar-refractivity contribution is 0.0919. The SMILES string of the molecule is CCc1ccc(C(=O)COc2ncnc3sc4c(c23)CCC(C)C4)cc1. The summed E-state index contributed by atoms with van der Waals surface area (Å²) in [6, 6.07) is 7.72. The molecule has 0 fully saturated rings. The van der Waals surface area contributed by atoms with Crippen LogP contribution in [0.5, 0.6) is 5.88 Å². The lowest BCUT2D eigenvalue weighted by Crippen LogP contribution is -2.13. The van der Waals surface area contributed by atoms with Crippen LogP contribution in [-0.4, -0.2) is 22.4 Å². The Balaban J connectivity index is 1.56. The molecule has 0 aliphatic heterocycles. The van der Waals surface area contributed by atoms with Gasteiger partial charge in [0.1, 0.15) is 11.2 Å². The lowest BCUT2D eigenvalue weighted by atomic mass is 9.89. The van der Waals surface area contributed by atoms with Crippen molar-refractivity contribution >= 4 is 27.3 Å². The normalized spacial score (nSPS) is 16.5. The van der Waals surface area contributed by atoms with Gasteiger partial charge in [-0.3, -0.25) is 4.79 Å². The molecule has 4 nitrogen and oxygen atoms in total. The molecule has 0 radical (unpaired) electrons. The Kier molecular flexibility index (Phi) is 4.72. The number of aryl methyl sites for hydroxylation is 2. The molecule has 1 aliphatic rings. The number of benzene rings is 1. The summed E-state index contributed by atoms with van der Waals surface area (Å²) in [6.07, 6.45) is 5.80. The summed E-state index contributed by atoms with van der Waals surface area (Å²) >= 11 is 1.74. The highest BCUT2D eigenvalue weighted by molar-refractivity contribution is 7.18. The third-order valence-corrected chi connectivity index (χ3v) is 6.24. The summed E-state index contributed by atoms with van der Waals surface area (Å²) in [5, 5.41) is 1.01. The summed E-state index contributed by atoms with van der Waals surface area (Å²) in [6.45, 7) is 4.39. The van der Waals surface area contributed by atoms with Gasteiger partial charge in [0.15, 0.2) is 12.4 Å². The van der Waals surface area contributed by atoms with Crippen molar-refractivity contribution in [3.05, 3.63) is 52.2 Å². The van der Waals surface area contributed by atoms with Gasteiger partial charge >= 0.3 is 0 Å². The van der Waals surface area contributed by atoms with Crippen molar-refractivity contribution in [3.63, 3.8) is 0 Å². The molecule has 2 aromatic heterocycles. The molecule has 134 valence electrons. The van der Waals surface area contributed by atoms with Gasteiger partial charge < -0.3 is 4.74 Å². The highest BCUT2D eigenvalue weighted by atomic mass is 32.1. The standard InChI is InChI=1S/C21H22N2O2S/c1-3-14-5-7-15(8-6-14)17(24)11-25-20-19-16-9-4-13(2)10-18(16)26-21(19)23-12-22-20/h5-8,12-13H,3-4,9-11H2,1-2H3. The van der Waals surface area contributed by atoms with E-state index in [1.54, 1.807) is 11.3 Å². The average molecular weight is 366 g/mol. The Bertz CT molecular complexity index is 947. The van der Waals surface area contributed by atoms with E-state index in [9.17, 15) is 4.79 Å². The molecule has 26 heavy (non-hydrogen) atoms. The minimum atomic E-state index is -0.0304. The maximum Gasteiger partial charge on any atom is 0.226 e. The van der Waals surface area contributed by atoms with Crippen LogP contribution in [0.1, 0.15) is 46.6 Å². The third-order valence-electron chi connectivity index (χ3n) is 5.08. The van der Waals surface area contributed by atoms with Gasteiger partial charge in [-0.1, -0.05) is 38.1 Å². The van der Waals surface area contributed by atoms with Gasteiger partial charge in [-0.15, -0.1) is 11.3 Å². The van der Waals surface area contributed by atoms with Gasteiger partial charge in [0, 0.05) is 10.4 Å². The zero-order valence-corrected chi connectivity index (χ0v) is 15.9. The van der Waals surface area contributed by atoms with Crippen molar-refractivity contribution in [1.82, 2.24) is 9.97 Å². The van der Waals surface area contributed by atoms with Gasteiger partial charge in [0.05, 0.1) is 5.39 Å². The molecule has 1 aromatic carbocycles. The Labute approximate surface area is 157 Å². The number of fused-ring (bicyclic) bond motifs is 3. The molecule has 1 unspecified atom stereocenters. The van der Waals surface area contributed by atoms with Crippen molar-refractivity contribution in [3.8, 4) is 5.88 Å². The number of hydrogen-bond donors (Lipinski definition) is 0. The number of aromatic nitrogens is 2. The van der Waals surface area contributed by atoms with E-state index in [1.165, 1.54) is 28.8 Å². The van der Waals surface area contributed by atoms with Crippen LogP contribution in [0.25, 0.3) is 10.2 Å². The summed E-state index contributed by atoms with van der Waals surface area (Å²) in [5.74, 6) is 1.22. The van der Waals surface area contributed by atoms with Crippen molar-refractivity contribution in [2.75, 3.05) is 6.61 Å². The van der Waals surface area contributed by atoms with Crippen molar-refractivity contribution < 1.29 is 9.53 Å². The zero-order chi connectivity index (χ0) is 18.1. The van der Waals surface area contributed by atoms with Gasteiger partial charge in [0.25, 0.3) is 0 Å². The average Bonchev–Trinajstić information content (AvgIpc) is 3.04. The second-order valence-electron chi connectivity index (χ2n) is 6.97. The molecule has 0 amide bonds. The van der Waals surface area contributed by atoms with Gasteiger partial charge in [0.2, 0.25) is 5.88 Å². The minimum absolute atomic E-state index is 0.00138. The molecule has 2 heterocycles.